The summed E-state index contributed by atoms with van der Waals surface area (Å²) in [4.78, 5) is 0. The van der Waals surface area contributed by atoms with Crippen molar-refractivity contribution >= 4 is 0 Å². The van der Waals surface area contributed by atoms with Crippen LogP contribution in [0.15, 0.2) is 11.6 Å². The summed E-state index contributed by atoms with van der Waals surface area (Å²) in [7, 11) is 0. The monoisotopic (exact) mass is 112 g/mol. The van der Waals surface area contributed by atoms with E-state index in [9.17, 15) is 0 Å². The normalized spacial score (nSPS) is 28.2. The predicted molar refractivity (Wildman–Crippen MR) is 33.6 cm³/mol. The van der Waals surface area contributed by atoms with Crippen molar-refractivity contribution in [2.24, 2.45) is 5.92 Å². The van der Waals surface area contributed by atoms with Crippen molar-refractivity contribution in [3.63, 3.8) is 0 Å². The predicted octanol–water partition coefficient (Wildman–Crippen LogP) is 1.33. The van der Waals surface area contributed by atoms with Gasteiger partial charge in [-0.1, -0.05) is 13.0 Å². The van der Waals surface area contributed by atoms with Crippen molar-refractivity contribution in [2.45, 2.75) is 19.8 Å². The summed E-state index contributed by atoms with van der Waals surface area (Å²) in [6, 6.07) is 0. The Bertz CT molecular complexity index is 105. The number of allylic oxidation sites excluding steroid dienone is 1. The van der Waals surface area contributed by atoms with Crippen molar-refractivity contribution in [2.75, 3.05) is 6.61 Å². The maximum atomic E-state index is 8.67. The zero-order chi connectivity index (χ0) is 5.98. The van der Waals surface area contributed by atoms with Gasteiger partial charge in [0.2, 0.25) is 0 Å². The standard InChI is InChI=1S/C7H12O/c1-6-3-2-4-7(6)5-8/h4,6,8H,2-3,5H2,1H3. The number of aliphatic hydroxyl groups is 1. The molecule has 1 aliphatic rings. The van der Waals surface area contributed by atoms with E-state index in [1.165, 1.54) is 12.0 Å². The Kier molecular flexibility index (Phi) is 1.69. The first-order valence-corrected chi connectivity index (χ1v) is 3.14. The molecule has 8 heavy (non-hydrogen) atoms. The molecule has 46 valence electrons. The molecule has 0 radical (unpaired) electrons. The Hall–Kier alpha value is -0.300. The van der Waals surface area contributed by atoms with Gasteiger partial charge < -0.3 is 5.11 Å². The summed E-state index contributed by atoms with van der Waals surface area (Å²) in [6.45, 7) is 2.43. The third kappa shape index (κ3) is 0.920. The number of hydrogen-bond acceptors (Lipinski definition) is 1. The highest BCUT2D eigenvalue weighted by molar-refractivity contribution is 5.11. The van der Waals surface area contributed by atoms with Crippen molar-refractivity contribution in [3.8, 4) is 0 Å². The lowest BCUT2D eigenvalue weighted by molar-refractivity contribution is 0.318. The van der Waals surface area contributed by atoms with Gasteiger partial charge in [-0.05, 0) is 24.3 Å². The molecule has 0 aromatic heterocycles. The lowest BCUT2D eigenvalue weighted by Gasteiger charge is -2.02. The number of hydrogen-bond donors (Lipinski definition) is 1. The molecule has 0 fully saturated rings. The maximum Gasteiger partial charge on any atom is 0.0644 e. The van der Waals surface area contributed by atoms with Gasteiger partial charge >= 0.3 is 0 Å². The highest BCUT2D eigenvalue weighted by atomic mass is 16.3. The molecule has 0 amide bonds. The summed E-state index contributed by atoms with van der Waals surface area (Å²) in [6.07, 6.45) is 4.54. The molecule has 0 spiro atoms. The van der Waals surface area contributed by atoms with Crippen LogP contribution in [0.3, 0.4) is 0 Å². The Morgan fingerprint density at radius 1 is 1.88 bits per heavy atom. The largest absolute Gasteiger partial charge is 0.392 e. The fourth-order valence-corrected chi connectivity index (χ4v) is 1.13. The molecule has 0 aromatic carbocycles. The Morgan fingerprint density at radius 2 is 2.62 bits per heavy atom. The second-order valence-corrected chi connectivity index (χ2v) is 2.42. The lowest BCUT2D eigenvalue weighted by Crippen LogP contribution is -1.96. The average Bonchev–Trinajstić information content (AvgIpc) is 2.14. The minimum atomic E-state index is 0.265. The number of rotatable bonds is 1. The quantitative estimate of drug-likeness (QED) is 0.507. The van der Waals surface area contributed by atoms with E-state index in [2.05, 4.69) is 13.0 Å². The zero-order valence-corrected chi connectivity index (χ0v) is 5.22. The highest BCUT2D eigenvalue weighted by Gasteiger charge is 2.11. The van der Waals surface area contributed by atoms with E-state index < -0.39 is 0 Å². The SMILES string of the molecule is CC1CCC=C1CO. The van der Waals surface area contributed by atoms with Crippen LogP contribution in [-0.4, -0.2) is 11.7 Å². The maximum absolute atomic E-state index is 8.67. The molecular weight excluding hydrogens is 100 g/mol. The topological polar surface area (TPSA) is 20.2 Å². The van der Waals surface area contributed by atoms with E-state index in [0.29, 0.717) is 5.92 Å². The lowest BCUT2D eigenvalue weighted by atomic mass is 10.1. The van der Waals surface area contributed by atoms with Gasteiger partial charge in [0.15, 0.2) is 0 Å². The molecular formula is C7H12O. The summed E-state index contributed by atoms with van der Waals surface area (Å²) >= 11 is 0. The average molecular weight is 112 g/mol. The molecule has 1 rings (SSSR count). The summed E-state index contributed by atoms with van der Waals surface area (Å²) in [5, 5.41) is 8.67. The van der Waals surface area contributed by atoms with Gasteiger partial charge in [0.25, 0.3) is 0 Å². The molecule has 0 aromatic rings. The molecule has 1 heteroatoms. The molecule has 0 heterocycles. The molecule has 1 N–H and O–H groups in total. The number of aliphatic hydroxyl groups excluding tert-OH is 1. The van der Waals surface area contributed by atoms with E-state index >= 15 is 0 Å². The first-order chi connectivity index (χ1) is 3.84. The van der Waals surface area contributed by atoms with Crippen LogP contribution in [0.2, 0.25) is 0 Å². The van der Waals surface area contributed by atoms with Crippen molar-refractivity contribution in [1.29, 1.82) is 0 Å². The molecule has 1 nitrogen and oxygen atoms in total. The molecule has 1 atom stereocenters. The van der Waals surface area contributed by atoms with Gasteiger partial charge in [-0.3, -0.25) is 0 Å². The van der Waals surface area contributed by atoms with Gasteiger partial charge in [0, 0.05) is 0 Å². The van der Waals surface area contributed by atoms with Gasteiger partial charge in [-0.25, -0.2) is 0 Å². The second kappa shape index (κ2) is 2.31. The smallest absolute Gasteiger partial charge is 0.0644 e. The van der Waals surface area contributed by atoms with Gasteiger partial charge in [0.1, 0.15) is 0 Å². The van der Waals surface area contributed by atoms with Crippen LogP contribution in [0, 0.1) is 5.92 Å². The minimum Gasteiger partial charge on any atom is -0.392 e. The van der Waals surface area contributed by atoms with Gasteiger partial charge in [-0.15, -0.1) is 0 Å². The third-order valence-corrected chi connectivity index (χ3v) is 1.82. The van der Waals surface area contributed by atoms with E-state index in [0.717, 1.165) is 6.42 Å². The summed E-state index contributed by atoms with van der Waals surface area (Å²) in [5.74, 6) is 0.639. The second-order valence-electron chi connectivity index (χ2n) is 2.42. The minimum absolute atomic E-state index is 0.265. The van der Waals surface area contributed by atoms with Gasteiger partial charge in [-0.2, -0.15) is 0 Å². The molecule has 1 unspecified atom stereocenters. The molecule has 1 aliphatic carbocycles. The van der Waals surface area contributed by atoms with E-state index in [-0.39, 0.29) is 6.61 Å². The van der Waals surface area contributed by atoms with E-state index in [1.807, 2.05) is 0 Å². The summed E-state index contributed by atoms with van der Waals surface area (Å²) in [5.41, 5.74) is 1.23. The van der Waals surface area contributed by atoms with Crippen LogP contribution >= 0.6 is 0 Å². The van der Waals surface area contributed by atoms with Crippen LogP contribution in [-0.2, 0) is 0 Å². The van der Waals surface area contributed by atoms with Crippen LogP contribution in [0.4, 0.5) is 0 Å². The molecule has 0 bridgehead atoms. The highest BCUT2D eigenvalue weighted by Crippen LogP contribution is 2.23. The van der Waals surface area contributed by atoms with Crippen molar-refractivity contribution in [3.05, 3.63) is 11.6 Å². The Balaban J connectivity index is 2.49. The van der Waals surface area contributed by atoms with E-state index in [4.69, 9.17) is 5.11 Å². The fourth-order valence-electron chi connectivity index (χ4n) is 1.13. The Morgan fingerprint density at radius 3 is 2.88 bits per heavy atom. The van der Waals surface area contributed by atoms with Crippen LogP contribution < -0.4 is 0 Å². The zero-order valence-electron chi connectivity index (χ0n) is 5.22. The van der Waals surface area contributed by atoms with Gasteiger partial charge in [0.05, 0.1) is 6.61 Å². The molecule has 0 aliphatic heterocycles. The first kappa shape index (κ1) is 5.83. The first-order valence-electron chi connectivity index (χ1n) is 3.14. The fraction of sp³-hybridized carbons (Fsp3) is 0.714. The van der Waals surface area contributed by atoms with Crippen molar-refractivity contribution in [1.82, 2.24) is 0 Å². The van der Waals surface area contributed by atoms with E-state index in [1.54, 1.807) is 0 Å². The van der Waals surface area contributed by atoms with Crippen LogP contribution in [0.25, 0.3) is 0 Å². The third-order valence-electron chi connectivity index (χ3n) is 1.82. The summed E-state index contributed by atoms with van der Waals surface area (Å²) < 4.78 is 0. The van der Waals surface area contributed by atoms with Crippen LogP contribution in [0.1, 0.15) is 19.8 Å². The molecule has 0 saturated heterocycles. The Labute approximate surface area is 50.0 Å². The van der Waals surface area contributed by atoms with Crippen LogP contribution in [0.5, 0.6) is 0 Å². The van der Waals surface area contributed by atoms with Crippen molar-refractivity contribution < 1.29 is 5.11 Å². The molecule has 0 saturated carbocycles.